The summed E-state index contributed by atoms with van der Waals surface area (Å²) in [4.78, 5) is 29.2. The molecule has 0 spiro atoms. The topological polar surface area (TPSA) is 59.1 Å². The van der Waals surface area contributed by atoms with Gasteiger partial charge in [0.15, 0.2) is 6.10 Å². The highest BCUT2D eigenvalue weighted by Crippen LogP contribution is 2.46. The van der Waals surface area contributed by atoms with Crippen molar-refractivity contribution >= 4 is 41.7 Å². The van der Waals surface area contributed by atoms with E-state index in [0.29, 0.717) is 11.4 Å². The first-order valence-electron chi connectivity index (χ1n) is 10.7. The van der Waals surface area contributed by atoms with Crippen LogP contribution in [-0.4, -0.2) is 57.1 Å². The molecule has 3 rings (SSSR count). The summed E-state index contributed by atoms with van der Waals surface area (Å²) in [7, 11) is 3.06. The van der Waals surface area contributed by atoms with Crippen LogP contribution in [0.1, 0.15) is 21.8 Å². The van der Waals surface area contributed by atoms with Crippen molar-refractivity contribution in [2.75, 3.05) is 39.1 Å². The van der Waals surface area contributed by atoms with Crippen molar-refractivity contribution in [1.82, 2.24) is 4.90 Å². The van der Waals surface area contributed by atoms with Crippen LogP contribution < -0.4 is 9.64 Å². The van der Waals surface area contributed by atoms with Gasteiger partial charge in [-0.3, -0.25) is 9.59 Å². The molecular formula is C22H27ClN2O4S. The zero-order valence-corrected chi connectivity index (χ0v) is 18.7. The van der Waals surface area contributed by atoms with Crippen LogP contribution in [0, 0.1) is 0 Å². The summed E-state index contributed by atoms with van der Waals surface area (Å²) in [5, 5.41) is -0.483. The molecule has 0 aromatic heterocycles. The number of benzene rings is 2. The Labute approximate surface area is 192 Å². The summed E-state index contributed by atoms with van der Waals surface area (Å²) in [6.07, 6.45) is -1.07. The summed E-state index contributed by atoms with van der Waals surface area (Å²) in [5.74, 6) is -0.275. The van der Waals surface area contributed by atoms with Gasteiger partial charge in [0.05, 0.1) is 18.0 Å². The van der Waals surface area contributed by atoms with Crippen molar-refractivity contribution in [1.29, 1.82) is 0 Å². The van der Waals surface area contributed by atoms with Gasteiger partial charge < -0.3 is 19.3 Å². The molecular weight excluding hydrogens is 424 g/mol. The SMILES string of the molecule is Cl.[2H]C([2H])([2H])N(C)CCN1C(=O)[C@@H](OC(C)=O)[C@@H](c2ccc(OC)cc2)Sc2ccccc21. The van der Waals surface area contributed by atoms with Gasteiger partial charge in [-0.25, -0.2) is 0 Å². The predicted molar refractivity (Wildman–Crippen MR) is 122 cm³/mol. The Kier molecular flexibility index (Phi) is 7.04. The summed E-state index contributed by atoms with van der Waals surface area (Å²) in [5.41, 5.74) is 1.47. The third kappa shape index (κ3) is 5.47. The molecule has 1 amide bonds. The van der Waals surface area contributed by atoms with Gasteiger partial charge in [-0.2, -0.15) is 0 Å². The van der Waals surface area contributed by atoms with Crippen LogP contribution >= 0.6 is 24.2 Å². The summed E-state index contributed by atoms with van der Waals surface area (Å²) >= 11 is 1.44. The number of ether oxygens (including phenoxy) is 2. The van der Waals surface area contributed by atoms with E-state index >= 15 is 0 Å². The zero-order valence-electron chi connectivity index (χ0n) is 20.0. The molecule has 0 saturated carbocycles. The Morgan fingerprint density at radius 3 is 2.57 bits per heavy atom. The number of esters is 1. The van der Waals surface area contributed by atoms with Gasteiger partial charge in [0.2, 0.25) is 0 Å². The van der Waals surface area contributed by atoms with Gasteiger partial charge in [0.25, 0.3) is 5.91 Å². The number of nitrogens with zero attached hydrogens (tertiary/aromatic N) is 2. The number of carbonyl (C=O) groups is 2. The van der Waals surface area contributed by atoms with E-state index in [1.807, 2.05) is 36.4 Å². The predicted octanol–water partition coefficient (Wildman–Crippen LogP) is 3.79. The van der Waals surface area contributed by atoms with Gasteiger partial charge in [-0.15, -0.1) is 24.2 Å². The second-order valence-corrected chi connectivity index (χ2v) is 7.90. The molecule has 0 saturated heterocycles. The van der Waals surface area contributed by atoms with E-state index in [9.17, 15) is 9.59 Å². The van der Waals surface area contributed by atoms with E-state index in [1.165, 1.54) is 35.5 Å². The Morgan fingerprint density at radius 1 is 1.23 bits per heavy atom. The Balaban J connectivity index is 0.00000385. The number of para-hydroxylation sites is 1. The van der Waals surface area contributed by atoms with Crippen LogP contribution in [0.25, 0.3) is 0 Å². The van der Waals surface area contributed by atoms with Crippen molar-refractivity contribution < 1.29 is 23.2 Å². The van der Waals surface area contributed by atoms with Crippen molar-refractivity contribution in [2.45, 2.75) is 23.2 Å². The van der Waals surface area contributed by atoms with Crippen LogP contribution in [0.2, 0.25) is 0 Å². The number of carbonyl (C=O) groups excluding carboxylic acids is 2. The van der Waals surface area contributed by atoms with Crippen LogP contribution in [0.15, 0.2) is 53.4 Å². The lowest BCUT2D eigenvalue weighted by molar-refractivity contribution is -0.152. The number of hydrogen-bond donors (Lipinski definition) is 0. The smallest absolute Gasteiger partial charge is 0.303 e. The number of rotatable bonds is 6. The standard InChI is InChI=1S/C22H26N2O4S.ClH/c1-15(25)28-20-21(16-9-11-17(27-4)12-10-16)29-19-8-6-5-7-18(19)24(22(20)26)14-13-23(2)3;/h5-12,20-21H,13-14H2,1-4H3;1H/t20-,21+;/m0./s1/i2D3;. The van der Waals surface area contributed by atoms with Gasteiger partial charge in [-0.05, 0) is 43.9 Å². The molecule has 30 heavy (non-hydrogen) atoms. The third-order valence-electron chi connectivity index (χ3n) is 4.59. The van der Waals surface area contributed by atoms with E-state index in [1.54, 1.807) is 19.2 Å². The van der Waals surface area contributed by atoms with Crippen molar-refractivity contribution in [2.24, 2.45) is 0 Å². The van der Waals surface area contributed by atoms with E-state index in [2.05, 4.69) is 0 Å². The average molecular weight is 454 g/mol. The molecule has 0 aliphatic carbocycles. The average Bonchev–Trinajstić information content (AvgIpc) is 2.86. The maximum atomic E-state index is 13.7. The van der Waals surface area contributed by atoms with E-state index in [0.717, 1.165) is 10.5 Å². The zero-order chi connectivity index (χ0) is 23.5. The highest BCUT2D eigenvalue weighted by Gasteiger charge is 2.40. The number of fused-ring (bicyclic) bond motifs is 1. The second-order valence-electron chi connectivity index (χ2n) is 6.72. The molecule has 6 nitrogen and oxygen atoms in total. The van der Waals surface area contributed by atoms with E-state index in [4.69, 9.17) is 13.6 Å². The van der Waals surface area contributed by atoms with Crippen molar-refractivity contribution in [3.63, 3.8) is 0 Å². The Morgan fingerprint density at radius 2 is 1.93 bits per heavy atom. The number of thioether (sulfide) groups is 1. The van der Waals surface area contributed by atoms with E-state index in [-0.39, 0.29) is 25.5 Å². The summed E-state index contributed by atoms with van der Waals surface area (Å²) in [6.45, 7) is -0.739. The molecule has 0 unspecified atom stereocenters. The molecule has 8 heteroatoms. The minimum absolute atomic E-state index is 0. The fourth-order valence-electron chi connectivity index (χ4n) is 3.19. The Hall–Kier alpha value is -2.22. The number of anilines is 1. The van der Waals surface area contributed by atoms with Gasteiger partial charge in [-0.1, -0.05) is 24.3 Å². The minimum Gasteiger partial charge on any atom is -0.497 e. The van der Waals surface area contributed by atoms with Gasteiger partial charge >= 0.3 is 5.97 Å². The number of amides is 1. The second kappa shape index (κ2) is 10.7. The molecule has 1 aliphatic rings. The molecule has 2 atom stereocenters. The lowest BCUT2D eigenvalue weighted by Crippen LogP contribution is -2.45. The number of halogens is 1. The summed E-state index contributed by atoms with van der Waals surface area (Å²) < 4.78 is 33.5. The van der Waals surface area contributed by atoms with Crippen LogP contribution in [-0.2, 0) is 14.3 Å². The molecule has 2 aromatic rings. The number of likely N-dealkylation sites (N-methyl/N-ethyl adjacent to an activating group) is 1. The van der Waals surface area contributed by atoms with E-state index < -0.39 is 30.2 Å². The lowest BCUT2D eigenvalue weighted by Gasteiger charge is -2.28. The van der Waals surface area contributed by atoms with Crippen molar-refractivity contribution in [3.8, 4) is 5.75 Å². The lowest BCUT2D eigenvalue weighted by atomic mass is 10.1. The fourth-order valence-corrected chi connectivity index (χ4v) is 4.51. The molecule has 1 heterocycles. The molecule has 0 bridgehead atoms. The number of hydrogen-bond acceptors (Lipinski definition) is 6. The highest BCUT2D eigenvalue weighted by atomic mass is 35.5. The molecule has 0 fully saturated rings. The molecule has 2 aromatic carbocycles. The molecule has 0 radical (unpaired) electrons. The molecule has 162 valence electrons. The third-order valence-corrected chi connectivity index (χ3v) is 5.96. The molecule has 1 aliphatic heterocycles. The Bertz CT molecular complexity index is 975. The number of methoxy groups -OCH3 is 1. The van der Waals surface area contributed by atoms with Crippen LogP contribution in [0.3, 0.4) is 0 Å². The maximum Gasteiger partial charge on any atom is 0.303 e. The monoisotopic (exact) mass is 453 g/mol. The highest BCUT2D eigenvalue weighted by molar-refractivity contribution is 7.99. The minimum atomic E-state index is -2.27. The fraction of sp³-hybridized carbons (Fsp3) is 0.364. The first kappa shape index (κ1) is 19.7. The quantitative estimate of drug-likeness (QED) is 0.620. The normalized spacial score (nSPS) is 20.2. The van der Waals surface area contributed by atoms with Crippen LogP contribution in [0.5, 0.6) is 5.75 Å². The van der Waals surface area contributed by atoms with Crippen LogP contribution in [0.4, 0.5) is 5.69 Å². The van der Waals surface area contributed by atoms with Gasteiger partial charge in [0.1, 0.15) is 5.75 Å². The van der Waals surface area contributed by atoms with Crippen molar-refractivity contribution in [3.05, 3.63) is 54.1 Å². The van der Waals surface area contributed by atoms with Gasteiger partial charge in [0, 0.05) is 29.0 Å². The first-order valence-corrected chi connectivity index (χ1v) is 10.1. The maximum absolute atomic E-state index is 13.7. The first-order chi connectivity index (χ1) is 15.1. The summed E-state index contributed by atoms with van der Waals surface area (Å²) in [6, 6.07) is 14.7. The molecule has 0 N–H and O–H groups in total. The largest absolute Gasteiger partial charge is 0.497 e.